The Morgan fingerprint density at radius 1 is 1.32 bits per heavy atom. The van der Waals surface area contributed by atoms with E-state index in [1.807, 2.05) is 19.9 Å². The van der Waals surface area contributed by atoms with Gasteiger partial charge in [0, 0.05) is 11.1 Å². The lowest BCUT2D eigenvalue weighted by Gasteiger charge is -2.14. The molecule has 1 aromatic heterocycles. The van der Waals surface area contributed by atoms with Crippen molar-refractivity contribution >= 4 is 39.1 Å². The molecule has 19 heavy (non-hydrogen) atoms. The van der Waals surface area contributed by atoms with Gasteiger partial charge in [-0.05, 0) is 37.1 Å². The molecule has 0 aliphatic rings. The summed E-state index contributed by atoms with van der Waals surface area (Å²) >= 11 is 16.1. The number of halogens is 3. The molecule has 2 rings (SSSR count). The van der Waals surface area contributed by atoms with Crippen LogP contribution < -0.4 is 4.74 Å². The summed E-state index contributed by atoms with van der Waals surface area (Å²) in [6, 6.07) is 5.44. The van der Waals surface area contributed by atoms with Crippen LogP contribution in [0.4, 0.5) is 0 Å². The van der Waals surface area contributed by atoms with E-state index in [1.165, 1.54) is 0 Å². The van der Waals surface area contributed by atoms with E-state index in [2.05, 4.69) is 15.9 Å². The third kappa shape index (κ3) is 3.10. The minimum absolute atomic E-state index is 0.136. The summed E-state index contributed by atoms with van der Waals surface area (Å²) in [5.41, 5.74) is 1.91. The van der Waals surface area contributed by atoms with Gasteiger partial charge in [-0.3, -0.25) is 0 Å². The van der Waals surface area contributed by atoms with Gasteiger partial charge in [-0.15, -0.1) is 0 Å². The standard InChI is InChI=1S/C14H13BrCl2O2/c1-3-18-12-7-10(16)9(6-11(12)17)13(15)14-8(2)4-5-19-14/h4-7,13H,3H2,1-2H3. The first-order valence-electron chi connectivity index (χ1n) is 5.84. The van der Waals surface area contributed by atoms with E-state index >= 15 is 0 Å². The maximum absolute atomic E-state index is 6.29. The van der Waals surface area contributed by atoms with Crippen molar-refractivity contribution in [2.45, 2.75) is 18.7 Å². The molecule has 0 aliphatic carbocycles. The third-order valence-corrected chi connectivity index (χ3v) is 4.29. The molecule has 1 heterocycles. The second kappa shape index (κ2) is 6.21. The zero-order chi connectivity index (χ0) is 14.0. The molecule has 0 saturated carbocycles. The molecule has 0 amide bonds. The molecule has 102 valence electrons. The number of hydrogen-bond donors (Lipinski definition) is 0. The molecular formula is C14H13BrCl2O2. The smallest absolute Gasteiger partial charge is 0.139 e. The van der Waals surface area contributed by atoms with Gasteiger partial charge in [0.15, 0.2) is 0 Å². The topological polar surface area (TPSA) is 22.4 Å². The predicted octanol–water partition coefficient (Wildman–Crippen LogP) is 5.78. The van der Waals surface area contributed by atoms with Crippen molar-refractivity contribution < 1.29 is 9.15 Å². The molecule has 5 heteroatoms. The largest absolute Gasteiger partial charge is 0.492 e. The molecule has 0 radical (unpaired) electrons. The molecule has 1 atom stereocenters. The highest BCUT2D eigenvalue weighted by Crippen LogP contribution is 2.41. The summed E-state index contributed by atoms with van der Waals surface area (Å²) in [7, 11) is 0. The number of benzene rings is 1. The van der Waals surface area contributed by atoms with Crippen LogP contribution in [0.3, 0.4) is 0 Å². The predicted molar refractivity (Wildman–Crippen MR) is 81.8 cm³/mol. The lowest BCUT2D eigenvalue weighted by Crippen LogP contribution is -1.97. The summed E-state index contributed by atoms with van der Waals surface area (Å²) in [5, 5.41) is 1.13. The van der Waals surface area contributed by atoms with Crippen molar-refractivity contribution in [2.24, 2.45) is 0 Å². The van der Waals surface area contributed by atoms with Gasteiger partial charge in [0.25, 0.3) is 0 Å². The minimum atomic E-state index is -0.136. The summed E-state index contributed by atoms with van der Waals surface area (Å²) < 4.78 is 10.9. The van der Waals surface area contributed by atoms with E-state index < -0.39 is 0 Å². The Bertz CT molecular complexity index is 581. The van der Waals surface area contributed by atoms with Gasteiger partial charge < -0.3 is 9.15 Å². The monoisotopic (exact) mass is 362 g/mol. The van der Waals surface area contributed by atoms with Crippen molar-refractivity contribution in [3.63, 3.8) is 0 Å². The first-order chi connectivity index (χ1) is 9.04. The summed E-state index contributed by atoms with van der Waals surface area (Å²) in [5.74, 6) is 1.41. The second-order valence-electron chi connectivity index (χ2n) is 4.07. The van der Waals surface area contributed by atoms with Crippen LogP contribution in [0, 0.1) is 6.92 Å². The van der Waals surface area contributed by atoms with E-state index in [1.54, 1.807) is 18.4 Å². The highest BCUT2D eigenvalue weighted by Gasteiger charge is 2.20. The quantitative estimate of drug-likeness (QED) is 0.642. The van der Waals surface area contributed by atoms with Crippen LogP contribution in [0.1, 0.15) is 28.6 Å². The maximum Gasteiger partial charge on any atom is 0.139 e. The van der Waals surface area contributed by atoms with Gasteiger partial charge in [0.05, 0.1) is 22.7 Å². The van der Waals surface area contributed by atoms with Crippen molar-refractivity contribution in [3.05, 3.63) is 51.4 Å². The average Bonchev–Trinajstić information content (AvgIpc) is 2.79. The first kappa shape index (κ1) is 14.8. The number of alkyl halides is 1. The normalized spacial score (nSPS) is 12.5. The Kier molecular flexibility index (Phi) is 4.82. The summed E-state index contributed by atoms with van der Waals surface area (Å²) in [6.07, 6.45) is 1.66. The Balaban J connectivity index is 2.40. The van der Waals surface area contributed by atoms with Crippen LogP contribution >= 0.6 is 39.1 Å². The fraction of sp³-hybridized carbons (Fsp3) is 0.286. The Morgan fingerprint density at radius 2 is 2.05 bits per heavy atom. The number of rotatable bonds is 4. The van der Waals surface area contributed by atoms with Crippen LogP contribution in [0.25, 0.3) is 0 Å². The first-order valence-corrected chi connectivity index (χ1v) is 7.51. The molecule has 2 nitrogen and oxygen atoms in total. The van der Waals surface area contributed by atoms with Gasteiger partial charge in [-0.2, -0.15) is 0 Å². The summed E-state index contributed by atoms with van der Waals surface area (Å²) in [6.45, 7) is 4.43. The molecule has 1 aromatic carbocycles. The van der Waals surface area contributed by atoms with E-state index in [9.17, 15) is 0 Å². The van der Waals surface area contributed by atoms with Crippen LogP contribution in [0.5, 0.6) is 5.75 Å². The SMILES string of the molecule is CCOc1cc(Cl)c(C(Br)c2occc2C)cc1Cl. The lowest BCUT2D eigenvalue weighted by atomic mass is 10.1. The molecule has 0 N–H and O–H groups in total. The zero-order valence-electron chi connectivity index (χ0n) is 10.5. The molecule has 0 spiro atoms. The highest BCUT2D eigenvalue weighted by atomic mass is 79.9. The van der Waals surface area contributed by atoms with Gasteiger partial charge in [0.1, 0.15) is 11.5 Å². The fourth-order valence-electron chi connectivity index (χ4n) is 1.79. The molecular weight excluding hydrogens is 351 g/mol. The number of hydrogen-bond acceptors (Lipinski definition) is 2. The van der Waals surface area contributed by atoms with Crippen LogP contribution in [-0.4, -0.2) is 6.61 Å². The van der Waals surface area contributed by atoms with Crippen molar-refractivity contribution in [3.8, 4) is 5.75 Å². The fourth-order valence-corrected chi connectivity index (χ4v) is 3.26. The molecule has 0 bridgehead atoms. The minimum Gasteiger partial charge on any atom is -0.492 e. The highest BCUT2D eigenvalue weighted by molar-refractivity contribution is 9.09. The maximum atomic E-state index is 6.29. The molecule has 0 saturated heterocycles. The van der Waals surface area contributed by atoms with E-state index in [0.29, 0.717) is 22.4 Å². The van der Waals surface area contributed by atoms with Crippen molar-refractivity contribution in [2.75, 3.05) is 6.61 Å². The van der Waals surface area contributed by atoms with E-state index in [4.69, 9.17) is 32.4 Å². The average molecular weight is 364 g/mol. The van der Waals surface area contributed by atoms with Crippen LogP contribution in [0.15, 0.2) is 28.9 Å². The van der Waals surface area contributed by atoms with Crippen LogP contribution in [0.2, 0.25) is 10.0 Å². The summed E-state index contributed by atoms with van der Waals surface area (Å²) in [4.78, 5) is -0.136. The Labute approximate surface area is 130 Å². The molecule has 1 unspecified atom stereocenters. The van der Waals surface area contributed by atoms with Gasteiger partial charge >= 0.3 is 0 Å². The molecule has 2 aromatic rings. The van der Waals surface area contributed by atoms with Gasteiger partial charge in [0.2, 0.25) is 0 Å². The number of aryl methyl sites for hydroxylation is 1. The van der Waals surface area contributed by atoms with Gasteiger partial charge in [-0.1, -0.05) is 39.1 Å². The third-order valence-electron chi connectivity index (χ3n) is 2.76. The Hall–Kier alpha value is -0.640. The second-order valence-corrected chi connectivity index (χ2v) is 5.80. The van der Waals surface area contributed by atoms with Gasteiger partial charge in [-0.25, -0.2) is 0 Å². The molecule has 0 aliphatic heterocycles. The molecule has 0 fully saturated rings. The van der Waals surface area contributed by atoms with Crippen molar-refractivity contribution in [1.29, 1.82) is 0 Å². The van der Waals surface area contributed by atoms with E-state index in [0.717, 1.165) is 16.9 Å². The van der Waals surface area contributed by atoms with Crippen molar-refractivity contribution in [1.82, 2.24) is 0 Å². The number of ether oxygens (including phenoxy) is 1. The zero-order valence-corrected chi connectivity index (χ0v) is 13.6. The Morgan fingerprint density at radius 3 is 2.63 bits per heavy atom. The van der Waals surface area contributed by atoms with Crippen LogP contribution in [-0.2, 0) is 0 Å². The lowest BCUT2D eigenvalue weighted by molar-refractivity contribution is 0.340. The van der Waals surface area contributed by atoms with E-state index in [-0.39, 0.29) is 4.83 Å². The number of furan rings is 1.